The van der Waals surface area contributed by atoms with Gasteiger partial charge in [-0.05, 0) is 24.1 Å². The number of aromatic nitrogens is 3. The van der Waals surface area contributed by atoms with Gasteiger partial charge in [-0.3, -0.25) is 0 Å². The summed E-state index contributed by atoms with van der Waals surface area (Å²) in [5.41, 5.74) is -0.983. The smallest absolute Gasteiger partial charge is 0.416 e. The Labute approximate surface area is 184 Å². The Balaban J connectivity index is 1.68. The summed E-state index contributed by atoms with van der Waals surface area (Å²) >= 11 is 0. The fourth-order valence-corrected chi connectivity index (χ4v) is 2.77. The summed E-state index contributed by atoms with van der Waals surface area (Å²) in [5.74, 6) is -1.76. The van der Waals surface area contributed by atoms with Crippen LogP contribution in [0.2, 0.25) is 0 Å². The van der Waals surface area contributed by atoms with Gasteiger partial charge >= 0.3 is 12.1 Å². The van der Waals surface area contributed by atoms with Crippen molar-refractivity contribution >= 4 is 11.8 Å². The van der Waals surface area contributed by atoms with E-state index in [9.17, 15) is 22.4 Å². The van der Waals surface area contributed by atoms with E-state index in [1.165, 1.54) is 12.1 Å². The second-order valence-corrected chi connectivity index (χ2v) is 6.46. The molecule has 0 aliphatic carbocycles. The highest BCUT2D eigenvalue weighted by Gasteiger charge is 2.31. The highest BCUT2D eigenvalue weighted by Crippen LogP contribution is 2.32. The Morgan fingerprint density at radius 1 is 1.18 bits per heavy atom. The molecule has 0 spiro atoms. The first-order chi connectivity index (χ1) is 15.7. The molecule has 0 atom stereocenters. The number of carbonyl (C=O) groups is 1. The van der Waals surface area contributed by atoms with Gasteiger partial charge in [0.05, 0.1) is 12.7 Å². The molecule has 0 saturated carbocycles. The number of alkyl halides is 3. The van der Waals surface area contributed by atoms with Crippen LogP contribution in [0.15, 0.2) is 42.9 Å². The van der Waals surface area contributed by atoms with Gasteiger partial charge < -0.3 is 14.8 Å². The Morgan fingerprint density at radius 2 is 1.97 bits per heavy atom. The van der Waals surface area contributed by atoms with Crippen molar-refractivity contribution in [3.63, 3.8) is 0 Å². The molecule has 1 aromatic carbocycles. The third-order valence-electron chi connectivity index (χ3n) is 4.34. The first kappa shape index (κ1) is 23.4. The second-order valence-electron chi connectivity index (χ2n) is 6.46. The van der Waals surface area contributed by atoms with Crippen molar-refractivity contribution in [2.75, 3.05) is 19.0 Å². The molecule has 0 fully saturated rings. The minimum atomic E-state index is -4.56. The van der Waals surface area contributed by atoms with Crippen LogP contribution in [0, 0.1) is 17.1 Å². The van der Waals surface area contributed by atoms with Crippen LogP contribution in [0.3, 0.4) is 0 Å². The Hall–Kier alpha value is -4.27. The molecule has 170 valence electrons. The van der Waals surface area contributed by atoms with Crippen molar-refractivity contribution in [3.8, 4) is 17.7 Å². The molecule has 8 nitrogen and oxygen atoms in total. The number of methoxy groups -OCH3 is 1. The standard InChI is InChI=1S/C21H15F4N5O3/c1-32-20(31)18-16(10-26)29-11-30-19(18)28-6-4-12-2-3-14(9-15(12)22)33-17-8-13(5-7-27-17)21(23,24)25/h2-3,5,7-9,11H,4,6H2,1H3,(H,28,29,30). The lowest BCUT2D eigenvalue weighted by Crippen LogP contribution is -2.15. The molecule has 0 saturated heterocycles. The number of nitrogens with zero attached hydrogens (tertiary/aromatic N) is 4. The van der Waals surface area contributed by atoms with Crippen LogP contribution in [-0.2, 0) is 17.3 Å². The second kappa shape index (κ2) is 9.90. The summed E-state index contributed by atoms with van der Waals surface area (Å²) in [6.07, 6.45) is -2.36. The Morgan fingerprint density at radius 3 is 2.64 bits per heavy atom. The summed E-state index contributed by atoms with van der Waals surface area (Å²) in [6, 6.07) is 7.10. The van der Waals surface area contributed by atoms with Crippen LogP contribution in [0.25, 0.3) is 0 Å². The number of nitriles is 1. The van der Waals surface area contributed by atoms with Gasteiger partial charge in [0.15, 0.2) is 5.69 Å². The predicted molar refractivity (Wildman–Crippen MR) is 106 cm³/mol. The van der Waals surface area contributed by atoms with Crippen molar-refractivity contribution in [2.24, 2.45) is 0 Å². The third-order valence-corrected chi connectivity index (χ3v) is 4.34. The van der Waals surface area contributed by atoms with E-state index in [-0.39, 0.29) is 47.2 Å². The van der Waals surface area contributed by atoms with Crippen molar-refractivity contribution in [3.05, 3.63) is 71.1 Å². The molecule has 0 radical (unpaired) electrons. The van der Waals surface area contributed by atoms with E-state index in [0.717, 1.165) is 31.8 Å². The van der Waals surface area contributed by atoms with Gasteiger partial charge in [0, 0.05) is 24.9 Å². The van der Waals surface area contributed by atoms with E-state index in [2.05, 4.69) is 25.0 Å². The molecule has 0 bridgehead atoms. The summed E-state index contributed by atoms with van der Waals surface area (Å²) in [6.45, 7) is 0.137. The number of benzene rings is 1. The van der Waals surface area contributed by atoms with E-state index >= 15 is 0 Å². The maximum Gasteiger partial charge on any atom is 0.416 e. The van der Waals surface area contributed by atoms with Gasteiger partial charge in [-0.1, -0.05) is 6.07 Å². The van der Waals surface area contributed by atoms with Crippen LogP contribution in [0.1, 0.15) is 27.2 Å². The lowest BCUT2D eigenvalue weighted by molar-refractivity contribution is -0.137. The monoisotopic (exact) mass is 461 g/mol. The zero-order valence-corrected chi connectivity index (χ0v) is 17.0. The summed E-state index contributed by atoms with van der Waals surface area (Å²) in [7, 11) is 1.15. The van der Waals surface area contributed by atoms with Crippen molar-refractivity contribution in [1.29, 1.82) is 5.26 Å². The van der Waals surface area contributed by atoms with Gasteiger partial charge in [0.2, 0.25) is 5.88 Å². The third kappa shape index (κ3) is 5.70. The van der Waals surface area contributed by atoms with Crippen LogP contribution >= 0.6 is 0 Å². The van der Waals surface area contributed by atoms with E-state index in [0.29, 0.717) is 6.07 Å². The van der Waals surface area contributed by atoms with E-state index in [1.807, 2.05) is 0 Å². The molecule has 2 aromatic heterocycles. The fourth-order valence-electron chi connectivity index (χ4n) is 2.77. The molecule has 3 aromatic rings. The molecule has 33 heavy (non-hydrogen) atoms. The normalized spacial score (nSPS) is 10.9. The average Bonchev–Trinajstić information content (AvgIpc) is 2.79. The van der Waals surface area contributed by atoms with E-state index in [1.54, 1.807) is 6.07 Å². The number of esters is 1. The van der Waals surface area contributed by atoms with Gasteiger partial charge in [0.1, 0.15) is 35.3 Å². The number of anilines is 1. The lowest BCUT2D eigenvalue weighted by Gasteiger charge is -2.12. The van der Waals surface area contributed by atoms with Gasteiger partial charge in [0.25, 0.3) is 0 Å². The summed E-state index contributed by atoms with van der Waals surface area (Å²) in [4.78, 5) is 23.3. The number of ether oxygens (including phenoxy) is 2. The molecule has 0 aliphatic heterocycles. The van der Waals surface area contributed by atoms with Crippen LogP contribution in [0.4, 0.5) is 23.4 Å². The largest absolute Gasteiger partial charge is 0.465 e. The zero-order chi connectivity index (χ0) is 24.0. The Kier molecular flexibility index (Phi) is 7.02. The van der Waals surface area contributed by atoms with Gasteiger partial charge in [-0.15, -0.1) is 0 Å². The highest BCUT2D eigenvalue weighted by atomic mass is 19.4. The topological polar surface area (TPSA) is 110 Å². The van der Waals surface area contributed by atoms with Crippen LogP contribution in [-0.4, -0.2) is 34.6 Å². The maximum atomic E-state index is 14.5. The van der Waals surface area contributed by atoms with Gasteiger partial charge in [-0.25, -0.2) is 24.1 Å². The van der Waals surface area contributed by atoms with Crippen molar-refractivity contribution in [1.82, 2.24) is 15.0 Å². The first-order valence-electron chi connectivity index (χ1n) is 9.29. The number of nitrogens with one attached hydrogen (secondary N) is 1. The van der Waals surface area contributed by atoms with E-state index < -0.39 is 23.5 Å². The molecule has 0 unspecified atom stereocenters. The quantitative estimate of drug-likeness (QED) is 0.413. The molecular formula is C21H15F4N5O3. The van der Waals surface area contributed by atoms with Crippen molar-refractivity contribution < 1.29 is 31.8 Å². The predicted octanol–water partition coefficient (Wildman–Crippen LogP) is 4.13. The average molecular weight is 461 g/mol. The number of hydrogen-bond donors (Lipinski definition) is 1. The maximum absolute atomic E-state index is 14.5. The van der Waals surface area contributed by atoms with Crippen LogP contribution in [0.5, 0.6) is 11.6 Å². The molecular weight excluding hydrogens is 446 g/mol. The number of carbonyl (C=O) groups excluding carboxylic acids is 1. The first-order valence-corrected chi connectivity index (χ1v) is 9.29. The molecule has 1 N–H and O–H groups in total. The molecule has 0 aliphatic rings. The molecule has 12 heteroatoms. The summed E-state index contributed by atoms with van der Waals surface area (Å²) in [5, 5.41) is 12.0. The van der Waals surface area contributed by atoms with E-state index in [4.69, 9.17) is 10.00 Å². The number of halogens is 4. The molecule has 3 rings (SSSR count). The lowest BCUT2D eigenvalue weighted by atomic mass is 10.1. The Bertz CT molecular complexity index is 1210. The van der Waals surface area contributed by atoms with Crippen molar-refractivity contribution in [2.45, 2.75) is 12.6 Å². The van der Waals surface area contributed by atoms with Crippen LogP contribution < -0.4 is 10.1 Å². The fraction of sp³-hybridized carbons (Fsp3) is 0.190. The molecule has 2 heterocycles. The number of rotatable bonds is 7. The SMILES string of the molecule is COC(=O)c1c(C#N)ncnc1NCCc1ccc(Oc2cc(C(F)(F)F)ccn2)cc1F. The summed E-state index contributed by atoms with van der Waals surface area (Å²) < 4.78 is 62.7. The molecule has 0 amide bonds. The highest BCUT2D eigenvalue weighted by molar-refractivity contribution is 5.96. The minimum absolute atomic E-state index is 0.0292. The number of pyridine rings is 1. The number of hydrogen-bond acceptors (Lipinski definition) is 8. The minimum Gasteiger partial charge on any atom is -0.465 e. The van der Waals surface area contributed by atoms with Gasteiger partial charge in [-0.2, -0.15) is 18.4 Å². The zero-order valence-electron chi connectivity index (χ0n) is 17.0.